The maximum Gasteiger partial charge on any atom is 0.269 e. The van der Waals surface area contributed by atoms with Gasteiger partial charge in [0.1, 0.15) is 5.52 Å². The Balaban J connectivity index is 0.00000363. The molecule has 0 bridgehead atoms. The summed E-state index contributed by atoms with van der Waals surface area (Å²) in [6, 6.07) is 10.8. The molecule has 0 spiro atoms. The summed E-state index contributed by atoms with van der Waals surface area (Å²) < 4.78 is 24.9. The molecule has 0 aliphatic heterocycles. The standard InChI is InChI=1S/C20H22N4O5S2.ClH/c1-22(2)11-12-23(18(25)13-14-7-9-15(10-8-14)24(26)27)20-21-19-16(30-20)5-4-6-17(19)31(3,28)29;/h4-10H,11-13H2,1-3H3;1H. The molecule has 0 N–H and O–H groups in total. The zero-order valence-electron chi connectivity index (χ0n) is 17.7. The molecule has 1 aromatic heterocycles. The summed E-state index contributed by atoms with van der Waals surface area (Å²) >= 11 is 1.25. The second kappa shape index (κ2) is 10.3. The molecule has 0 radical (unpaired) electrons. The monoisotopic (exact) mass is 498 g/mol. The van der Waals surface area contributed by atoms with Gasteiger partial charge in [-0.3, -0.25) is 19.8 Å². The molecule has 2 aromatic carbocycles. The van der Waals surface area contributed by atoms with Gasteiger partial charge in [-0.1, -0.05) is 29.5 Å². The fraction of sp³-hybridized carbons (Fsp3) is 0.300. The second-order valence-corrected chi connectivity index (χ2v) is 10.3. The molecule has 1 heterocycles. The first kappa shape index (κ1) is 25.7. The summed E-state index contributed by atoms with van der Waals surface area (Å²) in [6.07, 6.45) is 1.17. The number of nitro groups is 1. The number of nitro benzene ring substituents is 1. The zero-order valence-corrected chi connectivity index (χ0v) is 20.2. The van der Waals surface area contributed by atoms with E-state index in [4.69, 9.17) is 0 Å². The van der Waals surface area contributed by atoms with Crippen LogP contribution in [0.5, 0.6) is 0 Å². The maximum atomic E-state index is 13.1. The molecule has 0 saturated carbocycles. The van der Waals surface area contributed by atoms with Gasteiger partial charge in [-0.25, -0.2) is 13.4 Å². The van der Waals surface area contributed by atoms with Crippen molar-refractivity contribution < 1.29 is 18.1 Å². The Morgan fingerprint density at radius 2 is 1.78 bits per heavy atom. The first-order chi connectivity index (χ1) is 14.6. The number of aromatic nitrogens is 1. The molecule has 3 rings (SSSR count). The maximum absolute atomic E-state index is 13.1. The van der Waals surface area contributed by atoms with Gasteiger partial charge in [0.15, 0.2) is 15.0 Å². The number of amides is 1. The van der Waals surface area contributed by atoms with E-state index in [1.165, 1.54) is 34.4 Å². The number of carbonyl (C=O) groups excluding carboxylic acids is 1. The number of halogens is 1. The third kappa shape index (κ3) is 6.00. The Morgan fingerprint density at radius 1 is 1.12 bits per heavy atom. The summed E-state index contributed by atoms with van der Waals surface area (Å²) in [5.41, 5.74) is 0.950. The van der Waals surface area contributed by atoms with E-state index in [-0.39, 0.29) is 35.3 Å². The predicted octanol–water partition coefficient (Wildman–Crippen LogP) is 3.17. The van der Waals surface area contributed by atoms with Gasteiger partial charge in [0.05, 0.1) is 20.9 Å². The molecular formula is C20H23ClN4O5S2. The van der Waals surface area contributed by atoms with Gasteiger partial charge in [0, 0.05) is 31.5 Å². The van der Waals surface area contributed by atoms with Gasteiger partial charge in [0.25, 0.3) is 5.69 Å². The molecule has 0 fully saturated rings. The van der Waals surface area contributed by atoms with Crippen molar-refractivity contribution in [3.8, 4) is 0 Å². The van der Waals surface area contributed by atoms with Crippen LogP contribution in [0.3, 0.4) is 0 Å². The average molecular weight is 499 g/mol. The fourth-order valence-corrected chi connectivity index (χ4v) is 4.89. The van der Waals surface area contributed by atoms with Crippen LogP contribution < -0.4 is 4.90 Å². The van der Waals surface area contributed by atoms with Gasteiger partial charge < -0.3 is 4.90 Å². The zero-order chi connectivity index (χ0) is 22.8. The molecule has 0 aliphatic rings. The van der Waals surface area contributed by atoms with E-state index >= 15 is 0 Å². The Labute approximate surface area is 196 Å². The highest BCUT2D eigenvalue weighted by molar-refractivity contribution is 7.91. The minimum absolute atomic E-state index is 0. The first-order valence-corrected chi connectivity index (χ1v) is 12.0. The lowest BCUT2D eigenvalue weighted by atomic mass is 10.1. The molecule has 0 aliphatic carbocycles. The number of sulfone groups is 1. The van der Waals surface area contributed by atoms with E-state index in [1.54, 1.807) is 24.3 Å². The normalized spacial score (nSPS) is 11.4. The molecule has 9 nitrogen and oxygen atoms in total. The summed E-state index contributed by atoms with van der Waals surface area (Å²) in [6.45, 7) is 0.952. The lowest BCUT2D eigenvalue weighted by Gasteiger charge is -2.22. The smallest absolute Gasteiger partial charge is 0.269 e. The number of rotatable bonds is 8. The Bertz CT molecular complexity index is 1230. The van der Waals surface area contributed by atoms with E-state index in [0.29, 0.717) is 34.0 Å². The third-order valence-electron chi connectivity index (χ3n) is 4.58. The number of hydrogen-bond donors (Lipinski definition) is 0. The van der Waals surface area contributed by atoms with E-state index in [9.17, 15) is 23.3 Å². The molecule has 3 aromatic rings. The number of benzene rings is 2. The Morgan fingerprint density at radius 3 is 2.34 bits per heavy atom. The van der Waals surface area contributed by atoms with Gasteiger partial charge in [-0.2, -0.15) is 0 Å². The number of hydrogen-bond acceptors (Lipinski definition) is 8. The minimum atomic E-state index is -3.47. The number of non-ortho nitro benzene ring substituents is 1. The second-order valence-electron chi connectivity index (χ2n) is 7.32. The molecule has 12 heteroatoms. The van der Waals surface area contributed by atoms with Crippen LogP contribution in [0.15, 0.2) is 47.4 Å². The van der Waals surface area contributed by atoms with Crippen LogP contribution in [0.2, 0.25) is 0 Å². The van der Waals surface area contributed by atoms with Crippen molar-refractivity contribution in [1.82, 2.24) is 9.88 Å². The van der Waals surface area contributed by atoms with Crippen molar-refractivity contribution in [2.75, 3.05) is 38.3 Å². The number of likely N-dealkylation sites (N-methyl/N-ethyl adjacent to an activating group) is 1. The fourth-order valence-electron chi connectivity index (χ4n) is 2.96. The number of thiazole rings is 1. The van der Waals surface area contributed by atoms with Gasteiger partial charge in [0.2, 0.25) is 5.91 Å². The molecule has 0 unspecified atom stereocenters. The summed E-state index contributed by atoms with van der Waals surface area (Å²) in [5, 5.41) is 11.3. The summed E-state index contributed by atoms with van der Waals surface area (Å²) in [5.74, 6) is -0.226. The highest BCUT2D eigenvalue weighted by Crippen LogP contribution is 2.33. The average Bonchev–Trinajstić information content (AvgIpc) is 3.11. The van der Waals surface area contributed by atoms with E-state index in [1.807, 2.05) is 19.0 Å². The van der Waals surface area contributed by atoms with Crippen LogP contribution >= 0.6 is 23.7 Å². The van der Waals surface area contributed by atoms with Crippen LogP contribution in [-0.2, 0) is 21.1 Å². The van der Waals surface area contributed by atoms with E-state index < -0.39 is 14.8 Å². The predicted molar refractivity (Wildman–Crippen MR) is 128 cm³/mol. The van der Waals surface area contributed by atoms with Crippen LogP contribution in [0.25, 0.3) is 10.2 Å². The van der Waals surface area contributed by atoms with Crippen molar-refractivity contribution in [1.29, 1.82) is 0 Å². The van der Waals surface area contributed by atoms with Gasteiger partial charge in [-0.15, -0.1) is 12.4 Å². The number of para-hydroxylation sites is 1. The number of fused-ring (bicyclic) bond motifs is 1. The van der Waals surface area contributed by atoms with Gasteiger partial charge in [-0.05, 0) is 31.8 Å². The number of anilines is 1. The van der Waals surface area contributed by atoms with Crippen LogP contribution in [0.1, 0.15) is 5.56 Å². The molecular weight excluding hydrogens is 476 g/mol. The highest BCUT2D eigenvalue weighted by atomic mass is 35.5. The SMILES string of the molecule is CN(C)CCN(C(=O)Cc1ccc([N+](=O)[O-])cc1)c1nc2c(S(C)(=O)=O)cccc2s1.Cl. The minimum Gasteiger partial charge on any atom is -0.308 e. The molecule has 0 saturated heterocycles. The van der Waals surface area contributed by atoms with Crippen molar-refractivity contribution in [2.24, 2.45) is 0 Å². The molecule has 1 amide bonds. The lowest BCUT2D eigenvalue weighted by molar-refractivity contribution is -0.384. The highest BCUT2D eigenvalue weighted by Gasteiger charge is 2.23. The van der Waals surface area contributed by atoms with Gasteiger partial charge >= 0.3 is 0 Å². The first-order valence-electron chi connectivity index (χ1n) is 9.34. The third-order valence-corrected chi connectivity index (χ3v) is 6.75. The number of nitrogens with zero attached hydrogens (tertiary/aromatic N) is 4. The largest absolute Gasteiger partial charge is 0.308 e. The number of carbonyl (C=O) groups is 1. The summed E-state index contributed by atoms with van der Waals surface area (Å²) in [4.78, 5) is 31.6. The molecule has 172 valence electrons. The quantitative estimate of drug-likeness (QED) is 0.346. The van der Waals surface area contributed by atoms with Crippen LogP contribution in [0.4, 0.5) is 10.8 Å². The van der Waals surface area contributed by atoms with Crippen molar-refractivity contribution in [3.05, 3.63) is 58.1 Å². The van der Waals surface area contributed by atoms with Crippen LogP contribution in [-0.4, -0.2) is 62.6 Å². The Kier molecular flexibility index (Phi) is 8.29. The molecule has 32 heavy (non-hydrogen) atoms. The summed E-state index contributed by atoms with van der Waals surface area (Å²) in [7, 11) is 0.306. The van der Waals surface area contributed by atoms with Crippen molar-refractivity contribution in [2.45, 2.75) is 11.3 Å². The topological polar surface area (TPSA) is 114 Å². The van der Waals surface area contributed by atoms with Crippen LogP contribution in [0, 0.1) is 10.1 Å². The lowest BCUT2D eigenvalue weighted by Crippen LogP contribution is -2.37. The van der Waals surface area contributed by atoms with Crippen molar-refractivity contribution in [3.63, 3.8) is 0 Å². The van der Waals surface area contributed by atoms with E-state index in [0.717, 1.165) is 6.26 Å². The molecule has 0 atom stereocenters. The van der Waals surface area contributed by atoms with E-state index in [2.05, 4.69) is 4.98 Å². The van der Waals surface area contributed by atoms with Crippen molar-refractivity contribution >= 4 is 60.5 Å². The Hall–Kier alpha value is -2.60.